The van der Waals surface area contributed by atoms with Gasteiger partial charge in [-0.05, 0) is 38.5 Å². The largest absolute Gasteiger partial charge is 0.358 e. The molecule has 0 atom stereocenters. The number of benzene rings is 1. The van der Waals surface area contributed by atoms with Crippen LogP contribution < -0.4 is 5.32 Å². The van der Waals surface area contributed by atoms with Crippen molar-refractivity contribution in [3.63, 3.8) is 0 Å². The number of hydrogen-bond donors (Lipinski definition) is 2. The van der Waals surface area contributed by atoms with Crippen molar-refractivity contribution in [2.24, 2.45) is 0 Å². The summed E-state index contributed by atoms with van der Waals surface area (Å²) >= 11 is 2.96. The van der Waals surface area contributed by atoms with Gasteiger partial charge in [0.05, 0.1) is 6.54 Å². The molecular weight excluding hydrogens is 399 g/mol. The van der Waals surface area contributed by atoms with Crippen LogP contribution in [0.2, 0.25) is 0 Å². The third kappa shape index (κ3) is 3.71. The zero-order valence-electron chi connectivity index (χ0n) is 12.4. The number of nitrogens with zero attached hydrogens (tertiary/aromatic N) is 4. The molecule has 0 aliphatic heterocycles. The summed E-state index contributed by atoms with van der Waals surface area (Å²) in [6.45, 7) is 0.325. The van der Waals surface area contributed by atoms with Crippen LogP contribution in [0.3, 0.4) is 0 Å². The lowest BCUT2D eigenvalue weighted by Crippen LogP contribution is -2.14. The Morgan fingerprint density at radius 2 is 2.24 bits per heavy atom. The molecule has 25 heavy (non-hydrogen) atoms. The topological polar surface area (TPSA) is 119 Å². The Morgan fingerprint density at radius 1 is 1.44 bits per heavy atom. The van der Waals surface area contributed by atoms with E-state index in [0.29, 0.717) is 12.1 Å². The molecule has 0 saturated heterocycles. The highest BCUT2D eigenvalue weighted by Gasteiger charge is 2.25. The van der Waals surface area contributed by atoms with E-state index in [1.807, 2.05) is 0 Å². The zero-order chi connectivity index (χ0) is 18.0. The Balaban J connectivity index is 1.71. The number of halogens is 2. The van der Waals surface area contributed by atoms with E-state index in [9.17, 15) is 19.3 Å². The summed E-state index contributed by atoms with van der Waals surface area (Å²) in [7, 11) is 0. The maximum atomic E-state index is 13.2. The highest BCUT2D eigenvalue weighted by atomic mass is 79.9. The molecule has 1 aromatic carbocycles. The molecule has 11 heteroatoms. The van der Waals surface area contributed by atoms with Gasteiger partial charge in [-0.3, -0.25) is 9.48 Å². The van der Waals surface area contributed by atoms with E-state index in [0.717, 1.165) is 0 Å². The van der Waals surface area contributed by atoms with Gasteiger partial charge in [0.15, 0.2) is 11.5 Å². The van der Waals surface area contributed by atoms with Gasteiger partial charge in [0.2, 0.25) is 0 Å². The molecule has 0 saturated carbocycles. The first-order valence-electron chi connectivity index (χ1n) is 6.91. The number of anilines is 1. The van der Waals surface area contributed by atoms with Crippen LogP contribution in [-0.2, 0) is 6.54 Å². The molecule has 0 aliphatic rings. The SMILES string of the molecule is O=C(Nc1ccn(Cc2cccc(F)c2)n1)c1n[nH]c([N+](=O)[O-])c1Br. The van der Waals surface area contributed by atoms with Gasteiger partial charge < -0.3 is 15.4 Å². The summed E-state index contributed by atoms with van der Waals surface area (Å²) < 4.78 is 14.7. The van der Waals surface area contributed by atoms with Crippen LogP contribution in [0.1, 0.15) is 16.1 Å². The van der Waals surface area contributed by atoms with Crippen molar-refractivity contribution in [2.45, 2.75) is 6.54 Å². The summed E-state index contributed by atoms with van der Waals surface area (Å²) in [5, 5.41) is 23.2. The molecule has 2 N–H and O–H groups in total. The fourth-order valence-corrected chi connectivity index (χ4v) is 2.61. The van der Waals surface area contributed by atoms with Crippen LogP contribution in [0, 0.1) is 15.9 Å². The van der Waals surface area contributed by atoms with Crippen molar-refractivity contribution in [1.82, 2.24) is 20.0 Å². The third-order valence-electron chi connectivity index (χ3n) is 3.20. The van der Waals surface area contributed by atoms with Crippen molar-refractivity contribution < 1.29 is 14.1 Å². The first-order chi connectivity index (χ1) is 11.9. The monoisotopic (exact) mass is 408 g/mol. The van der Waals surface area contributed by atoms with Crippen LogP contribution in [0.25, 0.3) is 0 Å². The van der Waals surface area contributed by atoms with E-state index in [2.05, 4.69) is 36.5 Å². The number of amides is 1. The predicted molar refractivity (Wildman–Crippen MR) is 88.6 cm³/mol. The van der Waals surface area contributed by atoms with Crippen LogP contribution >= 0.6 is 15.9 Å². The van der Waals surface area contributed by atoms with Crippen LogP contribution in [0.5, 0.6) is 0 Å². The van der Waals surface area contributed by atoms with Gasteiger partial charge >= 0.3 is 5.82 Å². The molecule has 0 radical (unpaired) electrons. The molecule has 0 aliphatic carbocycles. The van der Waals surface area contributed by atoms with E-state index in [4.69, 9.17) is 0 Å². The van der Waals surface area contributed by atoms with Gasteiger partial charge in [0.1, 0.15) is 10.3 Å². The summed E-state index contributed by atoms with van der Waals surface area (Å²) in [4.78, 5) is 22.2. The van der Waals surface area contributed by atoms with E-state index >= 15 is 0 Å². The lowest BCUT2D eigenvalue weighted by molar-refractivity contribution is -0.390. The Morgan fingerprint density at radius 3 is 2.92 bits per heavy atom. The second-order valence-corrected chi connectivity index (χ2v) is 5.77. The Kier molecular flexibility index (Phi) is 4.57. The minimum Gasteiger partial charge on any atom is -0.358 e. The van der Waals surface area contributed by atoms with Crippen molar-refractivity contribution in [3.8, 4) is 0 Å². The first kappa shape index (κ1) is 16.8. The molecule has 0 unspecified atom stereocenters. The molecule has 9 nitrogen and oxygen atoms in total. The average Bonchev–Trinajstić information content (AvgIpc) is 3.14. The second kappa shape index (κ2) is 6.81. The molecule has 0 spiro atoms. The van der Waals surface area contributed by atoms with Gasteiger partial charge in [0, 0.05) is 12.3 Å². The molecule has 3 aromatic rings. The number of carbonyl (C=O) groups is 1. The lowest BCUT2D eigenvalue weighted by atomic mass is 10.2. The number of hydrogen-bond acceptors (Lipinski definition) is 5. The fraction of sp³-hybridized carbons (Fsp3) is 0.0714. The number of aromatic amines is 1. The quantitative estimate of drug-likeness (QED) is 0.496. The standard InChI is InChI=1S/C14H10BrFN6O3/c15-11-12(18-19-13(11)22(24)25)14(23)17-10-4-5-21(20-10)7-8-2-1-3-9(16)6-8/h1-6H,7H2,(H,18,19)(H,17,20,23). The van der Waals surface area contributed by atoms with Gasteiger partial charge in [0.25, 0.3) is 5.91 Å². The third-order valence-corrected chi connectivity index (χ3v) is 3.95. The highest BCUT2D eigenvalue weighted by molar-refractivity contribution is 9.10. The molecule has 128 valence electrons. The van der Waals surface area contributed by atoms with E-state index < -0.39 is 16.6 Å². The minimum atomic E-state index is -0.693. The van der Waals surface area contributed by atoms with Crippen LogP contribution in [0.15, 0.2) is 41.0 Å². The number of nitro groups is 1. The smallest absolute Gasteiger partial charge is 0.357 e. The summed E-state index contributed by atoms with van der Waals surface area (Å²) in [6.07, 6.45) is 1.61. The number of aromatic nitrogens is 4. The molecule has 0 bridgehead atoms. The van der Waals surface area contributed by atoms with Crippen molar-refractivity contribution >= 4 is 33.5 Å². The van der Waals surface area contributed by atoms with Crippen LogP contribution in [-0.4, -0.2) is 30.8 Å². The molecular formula is C14H10BrFN6O3. The number of nitrogens with one attached hydrogen (secondary N) is 2. The predicted octanol–water partition coefficient (Wildman–Crippen LogP) is 2.72. The maximum absolute atomic E-state index is 13.2. The van der Waals surface area contributed by atoms with Gasteiger partial charge in [-0.1, -0.05) is 17.2 Å². The summed E-state index contributed by atoms with van der Waals surface area (Å²) in [5.74, 6) is -1.18. The lowest BCUT2D eigenvalue weighted by Gasteiger charge is -2.02. The highest BCUT2D eigenvalue weighted by Crippen LogP contribution is 2.25. The van der Waals surface area contributed by atoms with Crippen molar-refractivity contribution in [3.05, 3.63) is 68.2 Å². The molecule has 3 rings (SSSR count). The summed E-state index contributed by atoms with van der Waals surface area (Å²) in [6, 6.07) is 7.63. The van der Waals surface area contributed by atoms with Crippen molar-refractivity contribution in [1.29, 1.82) is 0 Å². The van der Waals surface area contributed by atoms with Gasteiger partial charge in [-0.2, -0.15) is 5.10 Å². The molecule has 2 heterocycles. The summed E-state index contributed by atoms with van der Waals surface area (Å²) in [5.41, 5.74) is 0.554. The minimum absolute atomic E-state index is 0.0470. The van der Waals surface area contributed by atoms with Gasteiger partial charge in [-0.25, -0.2) is 4.39 Å². The molecule has 0 fully saturated rings. The van der Waals surface area contributed by atoms with Crippen molar-refractivity contribution in [2.75, 3.05) is 5.32 Å². The average molecular weight is 409 g/mol. The Hall–Kier alpha value is -3.08. The van der Waals surface area contributed by atoms with Gasteiger partial charge in [-0.15, -0.1) is 5.10 Å². The van der Waals surface area contributed by atoms with Crippen LogP contribution in [0.4, 0.5) is 16.0 Å². The van der Waals surface area contributed by atoms with E-state index in [1.54, 1.807) is 24.4 Å². The Bertz CT molecular complexity index is 954. The zero-order valence-corrected chi connectivity index (χ0v) is 14.0. The number of rotatable bonds is 5. The first-order valence-corrected chi connectivity index (χ1v) is 7.71. The van der Waals surface area contributed by atoms with E-state index in [1.165, 1.54) is 16.8 Å². The fourth-order valence-electron chi connectivity index (χ4n) is 2.10. The maximum Gasteiger partial charge on any atom is 0.357 e. The normalized spacial score (nSPS) is 10.6. The number of H-pyrrole nitrogens is 1. The molecule has 1 amide bonds. The van der Waals surface area contributed by atoms with E-state index in [-0.39, 0.29) is 21.8 Å². The Labute approximate surface area is 148 Å². The number of carbonyl (C=O) groups excluding carboxylic acids is 1. The second-order valence-electron chi connectivity index (χ2n) is 4.97. The molecule has 2 aromatic heterocycles.